The molecule has 0 bridgehead atoms. The fourth-order valence-electron chi connectivity index (χ4n) is 3.42. The first kappa shape index (κ1) is 25.0. The van der Waals surface area contributed by atoms with E-state index in [1.807, 2.05) is 0 Å². The third kappa shape index (κ3) is 5.31. The zero-order chi connectivity index (χ0) is 24.7. The fourth-order valence-corrected chi connectivity index (χ4v) is 3.67. The number of aliphatic hydroxyl groups excluding tert-OH is 1. The van der Waals surface area contributed by atoms with E-state index >= 15 is 0 Å². The number of aliphatic hydroxyl groups is 1. The molecule has 0 spiro atoms. The molecule has 1 saturated heterocycles. The Morgan fingerprint density at radius 2 is 2.06 bits per heavy atom. The average Bonchev–Trinajstić information content (AvgIpc) is 3.18. The zero-order valence-electron chi connectivity index (χ0n) is 18.4. The van der Waals surface area contributed by atoms with Gasteiger partial charge in [0.05, 0.1) is 12.1 Å². The number of carbonyl (C=O) groups excluding carboxylic acids is 1. The molecule has 1 aromatic rings. The molecule has 182 valence electrons. The second kappa shape index (κ2) is 8.95. The molecule has 1 amide bonds. The molecule has 2 N–H and O–H groups in total. The minimum atomic E-state index is -5.11. The van der Waals surface area contributed by atoms with Gasteiger partial charge in [-0.15, -0.1) is 0 Å². The van der Waals surface area contributed by atoms with Crippen LogP contribution in [0.4, 0.5) is 13.2 Å². The first-order chi connectivity index (χ1) is 15.2. The average molecular weight is 491 g/mol. The van der Waals surface area contributed by atoms with Crippen molar-refractivity contribution in [2.45, 2.75) is 58.5 Å². The number of nitrogens with zero attached hydrogens (tertiary/aromatic N) is 2. The molecule has 0 radical (unpaired) electrons. The number of amides is 1. The van der Waals surface area contributed by atoms with Gasteiger partial charge in [0.25, 0.3) is 5.56 Å². The molecule has 3 heterocycles. The number of halogens is 3. The van der Waals surface area contributed by atoms with Crippen LogP contribution >= 0.6 is 12.2 Å². The number of aromatic amines is 1. The highest BCUT2D eigenvalue weighted by molar-refractivity contribution is 7.71. The lowest BCUT2D eigenvalue weighted by Crippen LogP contribution is -2.42. The second-order valence-electron chi connectivity index (χ2n) is 8.28. The Labute approximate surface area is 192 Å². The predicted octanol–water partition coefficient (Wildman–Crippen LogP) is 2.65. The molecule has 0 aromatic carbocycles. The van der Waals surface area contributed by atoms with E-state index in [9.17, 15) is 27.9 Å². The van der Waals surface area contributed by atoms with E-state index in [4.69, 9.17) is 26.4 Å². The van der Waals surface area contributed by atoms with Crippen molar-refractivity contribution in [1.29, 1.82) is 0 Å². The largest absolute Gasteiger partial charge is 0.471 e. The maximum absolute atomic E-state index is 13.1. The molecule has 2 aliphatic heterocycles. The molecular formula is C20H24F3N3O6S. The number of ether oxygens (including phenoxy) is 3. The highest BCUT2D eigenvalue weighted by Crippen LogP contribution is 2.44. The molecule has 3 rings (SSSR count). The van der Waals surface area contributed by atoms with E-state index in [2.05, 4.69) is 4.98 Å². The van der Waals surface area contributed by atoms with Crippen molar-refractivity contribution in [1.82, 2.24) is 14.5 Å². The van der Waals surface area contributed by atoms with Crippen molar-refractivity contribution in [3.63, 3.8) is 0 Å². The molecule has 0 saturated carbocycles. The lowest BCUT2D eigenvalue weighted by atomic mass is 10.2. The number of hydrogen-bond donors (Lipinski definition) is 2. The summed E-state index contributed by atoms with van der Waals surface area (Å²) < 4.78 is 57.8. The summed E-state index contributed by atoms with van der Waals surface area (Å²) in [6, 6.07) is 0. The maximum atomic E-state index is 13.1. The lowest BCUT2D eigenvalue weighted by Gasteiger charge is -2.25. The number of hydrogen-bond acceptors (Lipinski definition) is 7. The van der Waals surface area contributed by atoms with Crippen molar-refractivity contribution in [2.24, 2.45) is 0 Å². The molecule has 2 atom stereocenters. The van der Waals surface area contributed by atoms with Crippen LogP contribution in [0.3, 0.4) is 0 Å². The topological polar surface area (TPSA) is 106 Å². The molecule has 13 heteroatoms. The molecular weight excluding hydrogens is 467 g/mol. The van der Waals surface area contributed by atoms with Crippen LogP contribution in [0, 0.1) is 4.77 Å². The quantitative estimate of drug-likeness (QED) is 0.466. The standard InChI is InChI=1S/C20H24F3N3O6S/c1-10(2)5-6-25(17(29)20(21,22)23)7-11-8-26(18(33)24-15(11)28)16-14-13(12(9-27)30-16)31-19(3,4)32-14/h5,8,14,16,27H,6-7,9H2,1-4H3,(H,24,28,33)/t14?,16-/m1/s1. The highest BCUT2D eigenvalue weighted by atomic mass is 32.1. The van der Waals surface area contributed by atoms with Crippen LogP contribution in [0.25, 0.3) is 0 Å². The van der Waals surface area contributed by atoms with Crippen molar-refractivity contribution >= 4 is 18.1 Å². The molecule has 0 aliphatic carbocycles. The number of H-pyrrole nitrogens is 1. The van der Waals surface area contributed by atoms with Crippen LogP contribution in [0.1, 0.15) is 39.5 Å². The number of aromatic nitrogens is 2. The lowest BCUT2D eigenvalue weighted by molar-refractivity contribution is -0.185. The fraction of sp³-hybridized carbons (Fsp3) is 0.550. The van der Waals surface area contributed by atoms with Gasteiger partial charge in [-0.3, -0.25) is 19.1 Å². The summed E-state index contributed by atoms with van der Waals surface area (Å²) >= 11 is 5.22. The predicted molar refractivity (Wildman–Crippen MR) is 111 cm³/mol. The van der Waals surface area contributed by atoms with Crippen molar-refractivity contribution in [2.75, 3.05) is 13.2 Å². The summed E-state index contributed by atoms with van der Waals surface area (Å²) in [5.74, 6) is -2.72. The molecule has 9 nitrogen and oxygen atoms in total. The van der Waals surface area contributed by atoms with Gasteiger partial charge < -0.3 is 24.2 Å². The van der Waals surface area contributed by atoms with E-state index in [1.54, 1.807) is 27.7 Å². The number of allylic oxidation sites excluding steroid dienone is 1. The van der Waals surface area contributed by atoms with Crippen LogP contribution in [0.15, 0.2) is 34.2 Å². The third-order valence-corrected chi connectivity index (χ3v) is 5.20. The van der Waals surface area contributed by atoms with E-state index < -0.39 is 48.9 Å². The molecule has 33 heavy (non-hydrogen) atoms. The van der Waals surface area contributed by atoms with Gasteiger partial charge in [-0.2, -0.15) is 13.2 Å². The molecule has 2 aliphatic rings. The Bertz CT molecular complexity index is 1120. The first-order valence-corrected chi connectivity index (χ1v) is 10.4. The zero-order valence-corrected chi connectivity index (χ0v) is 19.2. The van der Waals surface area contributed by atoms with Crippen molar-refractivity contribution in [3.05, 3.63) is 50.1 Å². The SMILES string of the molecule is CC(C)=CCN(Cc1cn([C@@H]2OC(CO)=C3OC(C)(C)OC32)c(=S)[nH]c1=O)C(=O)C(F)(F)F. The minimum Gasteiger partial charge on any atom is -0.465 e. The highest BCUT2D eigenvalue weighted by Gasteiger charge is 2.51. The summed E-state index contributed by atoms with van der Waals surface area (Å²) in [6.45, 7) is 5.22. The summed E-state index contributed by atoms with van der Waals surface area (Å²) in [5.41, 5.74) is -0.189. The van der Waals surface area contributed by atoms with Crippen LogP contribution in [0.5, 0.6) is 0 Å². The van der Waals surface area contributed by atoms with E-state index in [-0.39, 0.29) is 28.4 Å². The Kier molecular flexibility index (Phi) is 6.78. The molecule has 1 unspecified atom stereocenters. The van der Waals surface area contributed by atoms with E-state index in [0.29, 0.717) is 10.5 Å². The number of nitrogens with one attached hydrogen (secondary N) is 1. The smallest absolute Gasteiger partial charge is 0.465 e. The normalized spacial score (nSPS) is 21.3. The number of carbonyl (C=O) groups is 1. The summed E-state index contributed by atoms with van der Waals surface area (Å²) in [4.78, 5) is 27.3. The van der Waals surface area contributed by atoms with Gasteiger partial charge in [0.1, 0.15) is 6.61 Å². The Hall–Kier alpha value is -2.64. The van der Waals surface area contributed by atoms with E-state index in [1.165, 1.54) is 16.8 Å². The monoisotopic (exact) mass is 491 g/mol. The summed E-state index contributed by atoms with van der Waals surface area (Å²) in [7, 11) is 0. The van der Waals surface area contributed by atoms with Gasteiger partial charge >= 0.3 is 12.1 Å². The first-order valence-electron chi connectivity index (χ1n) is 9.94. The van der Waals surface area contributed by atoms with Crippen LogP contribution in [0.2, 0.25) is 0 Å². The number of rotatable bonds is 6. The van der Waals surface area contributed by atoms with Crippen LogP contribution < -0.4 is 5.56 Å². The van der Waals surface area contributed by atoms with Crippen LogP contribution in [-0.4, -0.2) is 56.7 Å². The molecule has 1 fully saturated rings. The van der Waals surface area contributed by atoms with Gasteiger partial charge in [-0.25, -0.2) is 0 Å². The third-order valence-electron chi connectivity index (χ3n) is 4.89. The summed E-state index contributed by atoms with van der Waals surface area (Å²) in [6.07, 6.45) is -4.25. The van der Waals surface area contributed by atoms with Gasteiger partial charge in [0.15, 0.2) is 22.4 Å². The maximum Gasteiger partial charge on any atom is 0.471 e. The van der Waals surface area contributed by atoms with Gasteiger partial charge in [0, 0.05) is 26.6 Å². The van der Waals surface area contributed by atoms with Crippen molar-refractivity contribution in [3.8, 4) is 0 Å². The van der Waals surface area contributed by atoms with E-state index in [0.717, 1.165) is 0 Å². The molecule has 1 aromatic heterocycles. The Balaban J connectivity index is 1.98. The second-order valence-corrected chi connectivity index (χ2v) is 8.67. The van der Waals surface area contributed by atoms with Gasteiger partial charge in [-0.05, 0) is 26.1 Å². The Morgan fingerprint density at radius 1 is 1.39 bits per heavy atom. The Morgan fingerprint density at radius 3 is 2.64 bits per heavy atom. The van der Waals surface area contributed by atoms with Crippen LogP contribution in [-0.2, 0) is 25.5 Å². The van der Waals surface area contributed by atoms with Gasteiger partial charge in [-0.1, -0.05) is 11.6 Å². The minimum absolute atomic E-state index is 0.0846. The number of alkyl halides is 3. The summed E-state index contributed by atoms with van der Waals surface area (Å²) in [5, 5.41) is 9.61. The van der Waals surface area contributed by atoms with Gasteiger partial charge in [0.2, 0.25) is 12.0 Å². The number of fused-ring (bicyclic) bond motifs is 1. The van der Waals surface area contributed by atoms with Crippen molar-refractivity contribution < 1.29 is 37.3 Å².